The number of hydrogen-bond acceptors (Lipinski definition) is 7. The largest absolute Gasteiger partial charge is 0.342 e. The van der Waals surface area contributed by atoms with Crippen LogP contribution in [0.1, 0.15) is 26.2 Å². The fourth-order valence-corrected chi connectivity index (χ4v) is 4.54. The lowest BCUT2D eigenvalue weighted by atomic mass is 10.1. The first-order valence-corrected chi connectivity index (χ1v) is 11.9. The Labute approximate surface area is 186 Å². The first-order chi connectivity index (χ1) is 15.3. The summed E-state index contributed by atoms with van der Waals surface area (Å²) in [5.41, 5.74) is 0.562. The molecule has 168 valence electrons. The highest BCUT2D eigenvalue weighted by atomic mass is 32.2. The minimum Gasteiger partial charge on any atom is -0.342 e. The molecule has 0 saturated carbocycles. The third kappa shape index (κ3) is 4.06. The zero-order valence-electron chi connectivity index (χ0n) is 18.0. The molecule has 0 spiro atoms. The maximum absolute atomic E-state index is 13.3. The number of piperidine rings is 1. The van der Waals surface area contributed by atoms with Gasteiger partial charge in [0.2, 0.25) is 21.9 Å². The van der Waals surface area contributed by atoms with Crippen LogP contribution in [0.25, 0.3) is 11.2 Å². The van der Waals surface area contributed by atoms with Crippen LogP contribution in [0, 0.1) is 11.8 Å². The average Bonchev–Trinajstić information content (AvgIpc) is 3.14. The predicted molar refractivity (Wildman–Crippen MR) is 123 cm³/mol. The molecule has 32 heavy (non-hydrogen) atoms. The van der Waals surface area contributed by atoms with Gasteiger partial charge in [0.25, 0.3) is 5.56 Å². The number of nitrogens with zero attached hydrogens (tertiary/aromatic N) is 5. The van der Waals surface area contributed by atoms with Crippen LogP contribution in [0.4, 0.5) is 17.6 Å². The molecule has 3 heterocycles. The van der Waals surface area contributed by atoms with Crippen LogP contribution in [0.2, 0.25) is 0 Å². The van der Waals surface area contributed by atoms with Crippen molar-refractivity contribution in [1.82, 2.24) is 19.1 Å². The molecule has 0 bridgehead atoms. The molecule has 1 saturated heterocycles. The lowest BCUT2D eigenvalue weighted by Crippen LogP contribution is -2.32. The molecule has 2 aromatic heterocycles. The molecule has 0 aliphatic carbocycles. The SMILES string of the molecule is CC#CCn1c(N2CCCCC2)nc2nc(Nc3ccccc3S(N)(=O)=O)n(C)c(=O)c21. The monoisotopic (exact) mass is 455 g/mol. The van der Waals surface area contributed by atoms with Gasteiger partial charge in [-0.25, -0.2) is 13.6 Å². The summed E-state index contributed by atoms with van der Waals surface area (Å²) < 4.78 is 27.0. The van der Waals surface area contributed by atoms with E-state index in [9.17, 15) is 13.2 Å². The van der Waals surface area contributed by atoms with E-state index in [4.69, 9.17) is 5.14 Å². The van der Waals surface area contributed by atoms with Gasteiger partial charge in [-0.3, -0.25) is 13.9 Å². The van der Waals surface area contributed by atoms with Crippen molar-refractivity contribution in [2.75, 3.05) is 23.3 Å². The maximum Gasteiger partial charge on any atom is 0.281 e. The second-order valence-corrected chi connectivity index (χ2v) is 9.14. The summed E-state index contributed by atoms with van der Waals surface area (Å²) in [6.07, 6.45) is 3.29. The highest BCUT2D eigenvalue weighted by molar-refractivity contribution is 7.89. The molecule has 10 nitrogen and oxygen atoms in total. The summed E-state index contributed by atoms with van der Waals surface area (Å²) in [6, 6.07) is 6.19. The molecule has 1 aliphatic rings. The van der Waals surface area contributed by atoms with E-state index >= 15 is 0 Å². The van der Waals surface area contributed by atoms with Crippen LogP contribution in [-0.4, -0.2) is 40.6 Å². The number of rotatable bonds is 5. The van der Waals surface area contributed by atoms with Crippen LogP contribution in [-0.2, 0) is 23.6 Å². The highest BCUT2D eigenvalue weighted by Gasteiger charge is 2.23. The van der Waals surface area contributed by atoms with Gasteiger partial charge in [-0.2, -0.15) is 9.97 Å². The molecule has 1 aliphatic heterocycles. The number of primary sulfonamides is 1. The van der Waals surface area contributed by atoms with E-state index in [1.807, 2.05) is 4.57 Å². The Balaban J connectivity index is 1.86. The zero-order chi connectivity index (χ0) is 22.9. The first kappa shape index (κ1) is 21.9. The van der Waals surface area contributed by atoms with Gasteiger partial charge >= 0.3 is 0 Å². The van der Waals surface area contributed by atoms with Gasteiger partial charge in [0.05, 0.1) is 12.2 Å². The number of fused-ring (bicyclic) bond motifs is 1. The predicted octanol–water partition coefficient (Wildman–Crippen LogP) is 1.53. The molecule has 11 heteroatoms. The van der Waals surface area contributed by atoms with Crippen molar-refractivity contribution in [2.24, 2.45) is 12.2 Å². The van der Waals surface area contributed by atoms with Gasteiger partial charge < -0.3 is 10.2 Å². The molecule has 3 N–H and O–H groups in total. The Kier molecular flexibility index (Phi) is 5.90. The van der Waals surface area contributed by atoms with Crippen LogP contribution >= 0.6 is 0 Å². The number of anilines is 3. The Bertz CT molecular complexity index is 1390. The standard InChI is InChI=1S/C21H25N7O3S/c1-3-4-14-28-17-18(25-21(28)27-12-8-5-9-13-27)24-20(26(2)19(17)29)23-15-10-6-7-11-16(15)32(22,30)31/h6-7,10-11H,5,8-9,12-14H2,1-2H3,(H,23,24)(H2,22,30,31). The quantitative estimate of drug-likeness (QED) is 0.558. The van der Waals surface area contributed by atoms with E-state index in [1.165, 1.54) is 17.1 Å². The number of sulfonamides is 1. The van der Waals surface area contributed by atoms with Crippen molar-refractivity contribution in [3.8, 4) is 11.8 Å². The van der Waals surface area contributed by atoms with Crippen molar-refractivity contribution in [1.29, 1.82) is 0 Å². The number of aromatic nitrogens is 4. The molecule has 4 rings (SSSR count). The zero-order valence-corrected chi connectivity index (χ0v) is 18.8. The Hall–Kier alpha value is -3.36. The number of para-hydroxylation sites is 1. The van der Waals surface area contributed by atoms with E-state index in [2.05, 4.69) is 32.0 Å². The van der Waals surface area contributed by atoms with E-state index in [0.29, 0.717) is 18.0 Å². The molecule has 0 amide bonds. The van der Waals surface area contributed by atoms with Crippen molar-refractivity contribution in [2.45, 2.75) is 37.6 Å². The van der Waals surface area contributed by atoms with Crippen LogP contribution in [0.5, 0.6) is 0 Å². The molecule has 1 aromatic carbocycles. The van der Waals surface area contributed by atoms with Gasteiger partial charge in [0.15, 0.2) is 11.2 Å². The first-order valence-electron chi connectivity index (χ1n) is 10.3. The van der Waals surface area contributed by atoms with Crippen LogP contribution < -0.4 is 20.9 Å². The second-order valence-electron chi connectivity index (χ2n) is 7.61. The maximum atomic E-state index is 13.3. The number of hydrogen-bond donors (Lipinski definition) is 2. The number of benzene rings is 1. The Morgan fingerprint density at radius 3 is 2.56 bits per heavy atom. The molecular weight excluding hydrogens is 430 g/mol. The number of imidazole rings is 1. The molecular formula is C21H25N7O3S. The fourth-order valence-electron chi connectivity index (χ4n) is 3.84. The summed E-state index contributed by atoms with van der Waals surface area (Å²) in [5, 5.41) is 8.26. The second kappa shape index (κ2) is 8.64. The van der Waals surface area contributed by atoms with Gasteiger partial charge in [0.1, 0.15) is 4.90 Å². The van der Waals surface area contributed by atoms with Crippen LogP contribution in [0.3, 0.4) is 0 Å². The summed E-state index contributed by atoms with van der Waals surface area (Å²) in [5.74, 6) is 6.73. The van der Waals surface area contributed by atoms with Crippen molar-refractivity contribution in [3.05, 3.63) is 34.6 Å². The third-order valence-electron chi connectivity index (χ3n) is 5.46. The summed E-state index contributed by atoms with van der Waals surface area (Å²) in [7, 11) is -2.40. The average molecular weight is 456 g/mol. The van der Waals surface area contributed by atoms with E-state index in [1.54, 1.807) is 32.2 Å². The third-order valence-corrected chi connectivity index (χ3v) is 6.43. The number of nitrogens with two attached hydrogens (primary N) is 1. The van der Waals surface area contributed by atoms with Gasteiger partial charge in [-0.05, 0) is 38.3 Å². The Morgan fingerprint density at radius 1 is 1.16 bits per heavy atom. The van der Waals surface area contributed by atoms with E-state index in [0.717, 1.165) is 25.9 Å². The Morgan fingerprint density at radius 2 is 1.88 bits per heavy atom. The minimum absolute atomic E-state index is 0.0906. The summed E-state index contributed by atoms with van der Waals surface area (Å²) in [6.45, 7) is 3.80. The molecule has 1 fully saturated rings. The summed E-state index contributed by atoms with van der Waals surface area (Å²) in [4.78, 5) is 24.6. The molecule has 0 atom stereocenters. The van der Waals surface area contributed by atoms with E-state index in [-0.39, 0.29) is 27.7 Å². The van der Waals surface area contributed by atoms with Crippen LogP contribution in [0.15, 0.2) is 34.0 Å². The lowest BCUT2D eigenvalue weighted by Gasteiger charge is -2.27. The highest BCUT2D eigenvalue weighted by Crippen LogP contribution is 2.26. The van der Waals surface area contributed by atoms with Crippen molar-refractivity contribution in [3.63, 3.8) is 0 Å². The van der Waals surface area contributed by atoms with Crippen molar-refractivity contribution >= 4 is 38.8 Å². The fraction of sp³-hybridized carbons (Fsp3) is 0.381. The van der Waals surface area contributed by atoms with Gasteiger partial charge in [0, 0.05) is 20.1 Å². The van der Waals surface area contributed by atoms with Gasteiger partial charge in [-0.15, -0.1) is 5.92 Å². The minimum atomic E-state index is -3.97. The number of nitrogens with one attached hydrogen (secondary N) is 1. The lowest BCUT2D eigenvalue weighted by molar-refractivity contribution is 0.561. The molecule has 3 aromatic rings. The summed E-state index contributed by atoms with van der Waals surface area (Å²) >= 11 is 0. The topological polar surface area (TPSA) is 128 Å². The molecule has 0 unspecified atom stereocenters. The van der Waals surface area contributed by atoms with Crippen molar-refractivity contribution < 1.29 is 8.42 Å². The normalized spacial score (nSPS) is 14.3. The molecule has 0 radical (unpaired) electrons. The smallest absolute Gasteiger partial charge is 0.281 e. The van der Waals surface area contributed by atoms with Gasteiger partial charge in [-0.1, -0.05) is 18.1 Å². The van der Waals surface area contributed by atoms with E-state index < -0.39 is 10.0 Å².